The third kappa shape index (κ3) is 3.11. The van der Waals surface area contributed by atoms with E-state index < -0.39 is 0 Å². The molecule has 0 bridgehead atoms. The van der Waals surface area contributed by atoms with Gasteiger partial charge in [0.25, 0.3) is 5.91 Å². The lowest BCUT2D eigenvalue weighted by Gasteiger charge is -2.35. The number of carbonyl (C=O) groups is 1. The van der Waals surface area contributed by atoms with Crippen LogP contribution in [0.5, 0.6) is 5.75 Å². The van der Waals surface area contributed by atoms with E-state index in [1.807, 2.05) is 30.0 Å². The second-order valence-electron chi connectivity index (χ2n) is 5.01. The number of nitrogens with zero attached hydrogens (tertiary/aromatic N) is 1. The Morgan fingerprint density at radius 3 is 2.95 bits per heavy atom. The van der Waals surface area contributed by atoms with Crippen LogP contribution in [0.2, 0.25) is 0 Å². The molecule has 4 heteroatoms. The average Bonchev–Trinajstić information content (AvgIpc) is 2.46. The smallest absolute Gasteiger partial charge is 0.257 e. The van der Waals surface area contributed by atoms with Gasteiger partial charge in [0.1, 0.15) is 5.75 Å². The SMILES string of the molecule is COc1ccc(C)cc1C(=O)N1CCCCC1CBr. The number of aryl methyl sites for hydroxylation is 1. The lowest BCUT2D eigenvalue weighted by atomic mass is 10.0. The Balaban J connectivity index is 2.29. The molecular weight excluding hydrogens is 306 g/mol. The molecule has 1 amide bonds. The number of hydrogen-bond acceptors (Lipinski definition) is 2. The fourth-order valence-electron chi connectivity index (χ4n) is 2.57. The molecule has 0 saturated carbocycles. The number of halogens is 1. The van der Waals surface area contributed by atoms with E-state index in [2.05, 4.69) is 15.9 Å². The first-order valence-electron chi connectivity index (χ1n) is 6.69. The molecule has 1 atom stereocenters. The maximum Gasteiger partial charge on any atom is 0.257 e. The van der Waals surface area contributed by atoms with E-state index in [1.165, 1.54) is 6.42 Å². The summed E-state index contributed by atoms with van der Waals surface area (Å²) in [6, 6.07) is 6.05. The van der Waals surface area contributed by atoms with Crippen molar-refractivity contribution in [3.05, 3.63) is 29.3 Å². The molecule has 0 aliphatic carbocycles. The summed E-state index contributed by atoms with van der Waals surface area (Å²) in [6.45, 7) is 2.83. The first kappa shape index (κ1) is 14.4. The van der Waals surface area contributed by atoms with Crippen molar-refractivity contribution in [1.29, 1.82) is 0 Å². The zero-order valence-corrected chi connectivity index (χ0v) is 13.1. The summed E-state index contributed by atoms with van der Waals surface area (Å²) in [6.07, 6.45) is 3.36. The van der Waals surface area contributed by atoms with Gasteiger partial charge in [-0.05, 0) is 38.3 Å². The summed E-state index contributed by atoms with van der Waals surface area (Å²) < 4.78 is 5.32. The molecule has 0 aromatic heterocycles. The topological polar surface area (TPSA) is 29.5 Å². The summed E-state index contributed by atoms with van der Waals surface area (Å²) in [5.41, 5.74) is 1.76. The van der Waals surface area contributed by atoms with Crippen molar-refractivity contribution < 1.29 is 9.53 Å². The maximum absolute atomic E-state index is 12.7. The van der Waals surface area contributed by atoms with Gasteiger partial charge in [0.15, 0.2) is 0 Å². The maximum atomic E-state index is 12.7. The van der Waals surface area contributed by atoms with Crippen molar-refractivity contribution in [3.63, 3.8) is 0 Å². The van der Waals surface area contributed by atoms with E-state index in [0.717, 1.165) is 30.3 Å². The lowest BCUT2D eigenvalue weighted by molar-refractivity contribution is 0.0638. The lowest BCUT2D eigenvalue weighted by Crippen LogP contribution is -2.44. The Labute approximate surface area is 123 Å². The van der Waals surface area contributed by atoms with Crippen molar-refractivity contribution in [2.45, 2.75) is 32.2 Å². The second kappa shape index (κ2) is 6.42. The van der Waals surface area contributed by atoms with Crippen molar-refractivity contribution in [2.75, 3.05) is 19.0 Å². The van der Waals surface area contributed by atoms with E-state index in [9.17, 15) is 4.79 Å². The fraction of sp³-hybridized carbons (Fsp3) is 0.533. The van der Waals surface area contributed by atoms with E-state index >= 15 is 0 Å². The van der Waals surface area contributed by atoms with Gasteiger partial charge in [-0.2, -0.15) is 0 Å². The minimum absolute atomic E-state index is 0.0877. The number of benzene rings is 1. The van der Waals surface area contributed by atoms with E-state index in [4.69, 9.17) is 4.74 Å². The molecule has 1 aromatic carbocycles. The molecule has 0 radical (unpaired) electrons. The van der Waals surface area contributed by atoms with Crippen LogP contribution in [0.1, 0.15) is 35.2 Å². The molecule has 1 saturated heterocycles. The Morgan fingerprint density at radius 2 is 2.26 bits per heavy atom. The minimum Gasteiger partial charge on any atom is -0.496 e. The van der Waals surface area contributed by atoms with Gasteiger partial charge in [0.05, 0.1) is 12.7 Å². The molecule has 2 rings (SSSR count). The minimum atomic E-state index is 0.0877. The summed E-state index contributed by atoms with van der Waals surface area (Å²) in [5, 5.41) is 0.840. The van der Waals surface area contributed by atoms with Crippen LogP contribution in [-0.4, -0.2) is 35.8 Å². The highest BCUT2D eigenvalue weighted by Crippen LogP contribution is 2.26. The number of carbonyl (C=O) groups excluding carboxylic acids is 1. The van der Waals surface area contributed by atoms with Gasteiger partial charge in [-0.15, -0.1) is 0 Å². The molecular formula is C15H20BrNO2. The number of hydrogen-bond donors (Lipinski definition) is 0. The fourth-order valence-corrected chi connectivity index (χ4v) is 3.25. The quantitative estimate of drug-likeness (QED) is 0.797. The van der Waals surface area contributed by atoms with Gasteiger partial charge >= 0.3 is 0 Å². The van der Waals surface area contributed by atoms with Crippen LogP contribution in [0, 0.1) is 6.92 Å². The molecule has 1 aromatic rings. The number of methoxy groups -OCH3 is 1. The monoisotopic (exact) mass is 325 g/mol. The highest BCUT2D eigenvalue weighted by molar-refractivity contribution is 9.09. The van der Waals surface area contributed by atoms with Gasteiger partial charge in [0.2, 0.25) is 0 Å². The molecule has 1 unspecified atom stereocenters. The van der Waals surface area contributed by atoms with E-state index in [-0.39, 0.29) is 5.91 Å². The summed E-state index contributed by atoms with van der Waals surface area (Å²) in [7, 11) is 1.61. The predicted octanol–water partition coefficient (Wildman–Crippen LogP) is 3.39. The molecule has 1 fully saturated rings. The zero-order valence-electron chi connectivity index (χ0n) is 11.5. The normalized spacial score (nSPS) is 19.3. The number of alkyl halides is 1. The highest BCUT2D eigenvalue weighted by atomic mass is 79.9. The predicted molar refractivity (Wildman–Crippen MR) is 80.2 cm³/mol. The Kier molecular flexibility index (Phi) is 4.86. The van der Waals surface area contributed by atoms with Crippen LogP contribution in [-0.2, 0) is 0 Å². The average molecular weight is 326 g/mol. The first-order chi connectivity index (χ1) is 9.17. The third-order valence-electron chi connectivity index (χ3n) is 3.65. The van der Waals surface area contributed by atoms with Crippen LogP contribution >= 0.6 is 15.9 Å². The molecule has 1 aliphatic heterocycles. The van der Waals surface area contributed by atoms with Crippen molar-refractivity contribution in [3.8, 4) is 5.75 Å². The van der Waals surface area contributed by atoms with Crippen LogP contribution in [0.15, 0.2) is 18.2 Å². The largest absolute Gasteiger partial charge is 0.496 e. The van der Waals surface area contributed by atoms with Gasteiger partial charge in [-0.1, -0.05) is 27.6 Å². The second-order valence-corrected chi connectivity index (χ2v) is 5.65. The van der Waals surface area contributed by atoms with E-state index in [0.29, 0.717) is 17.4 Å². The molecule has 1 aliphatic rings. The molecule has 1 heterocycles. The summed E-state index contributed by atoms with van der Waals surface area (Å²) in [4.78, 5) is 14.7. The number of rotatable bonds is 3. The van der Waals surface area contributed by atoms with Crippen LogP contribution in [0.4, 0.5) is 0 Å². The molecule has 3 nitrogen and oxygen atoms in total. The Bertz CT molecular complexity index is 461. The van der Waals surface area contributed by atoms with Crippen LogP contribution in [0.3, 0.4) is 0 Å². The zero-order chi connectivity index (χ0) is 13.8. The summed E-state index contributed by atoms with van der Waals surface area (Å²) in [5.74, 6) is 0.749. The number of piperidine rings is 1. The molecule has 0 N–H and O–H groups in total. The summed E-state index contributed by atoms with van der Waals surface area (Å²) >= 11 is 3.52. The van der Waals surface area contributed by atoms with Crippen molar-refractivity contribution in [2.24, 2.45) is 0 Å². The van der Waals surface area contributed by atoms with Crippen molar-refractivity contribution >= 4 is 21.8 Å². The molecule has 104 valence electrons. The van der Waals surface area contributed by atoms with Crippen LogP contribution in [0.25, 0.3) is 0 Å². The molecule has 0 spiro atoms. The standard InChI is InChI=1S/C15H20BrNO2/c1-11-6-7-14(19-2)13(9-11)15(18)17-8-4-3-5-12(17)10-16/h6-7,9,12H,3-5,8,10H2,1-2H3. The molecule has 19 heavy (non-hydrogen) atoms. The Morgan fingerprint density at radius 1 is 1.47 bits per heavy atom. The van der Waals surface area contributed by atoms with Gasteiger partial charge in [-0.25, -0.2) is 0 Å². The van der Waals surface area contributed by atoms with E-state index in [1.54, 1.807) is 7.11 Å². The van der Waals surface area contributed by atoms with Gasteiger partial charge in [-0.3, -0.25) is 4.79 Å². The first-order valence-corrected chi connectivity index (χ1v) is 7.81. The van der Waals surface area contributed by atoms with Gasteiger partial charge in [0, 0.05) is 17.9 Å². The number of ether oxygens (including phenoxy) is 1. The van der Waals surface area contributed by atoms with Crippen LogP contribution < -0.4 is 4.74 Å². The highest BCUT2D eigenvalue weighted by Gasteiger charge is 2.28. The number of amides is 1. The number of likely N-dealkylation sites (tertiary alicyclic amines) is 1. The van der Waals surface area contributed by atoms with Gasteiger partial charge < -0.3 is 9.64 Å². The van der Waals surface area contributed by atoms with Crippen molar-refractivity contribution in [1.82, 2.24) is 4.90 Å². The third-order valence-corrected chi connectivity index (χ3v) is 4.40. The Hall–Kier alpha value is -1.03.